The van der Waals surface area contributed by atoms with Crippen LogP contribution >= 0.6 is 11.6 Å². The lowest BCUT2D eigenvalue weighted by Crippen LogP contribution is -2.62. The van der Waals surface area contributed by atoms with Crippen LogP contribution < -0.4 is 36.5 Å². The molecule has 2 amide bonds. The number of benzene rings is 2. The molecule has 0 radical (unpaired) electrons. The van der Waals surface area contributed by atoms with E-state index in [1.165, 1.54) is 10.8 Å². The first-order valence-corrected chi connectivity index (χ1v) is 21.0. The van der Waals surface area contributed by atoms with E-state index in [9.17, 15) is 27.6 Å². The quantitative estimate of drug-likeness (QED) is 0.0985. The molecule has 2 aliphatic carbocycles. The molecule has 5 aromatic rings. The fourth-order valence-corrected chi connectivity index (χ4v) is 10.0. The summed E-state index contributed by atoms with van der Waals surface area (Å²) >= 11 is 6.56. The van der Waals surface area contributed by atoms with Crippen LogP contribution in [0, 0.1) is 17.3 Å². The number of aromatic nitrogens is 5. The number of hydrogen-bond donors (Lipinski definition) is 4. The molecule has 3 aliphatic heterocycles. The smallest absolute Gasteiger partial charge is 0.393 e. The lowest BCUT2D eigenvalue weighted by molar-refractivity contribution is -0.196. The van der Waals surface area contributed by atoms with Crippen LogP contribution in [0.15, 0.2) is 47.4 Å². The van der Waals surface area contributed by atoms with Crippen molar-refractivity contribution in [3.63, 3.8) is 0 Å². The van der Waals surface area contributed by atoms with Crippen molar-refractivity contribution < 1.29 is 36.3 Å². The first kappa shape index (κ1) is 40.4. The van der Waals surface area contributed by atoms with Crippen LogP contribution in [0.2, 0.25) is 5.02 Å². The van der Waals surface area contributed by atoms with E-state index in [1.54, 1.807) is 55.2 Å². The van der Waals surface area contributed by atoms with E-state index >= 15 is 8.78 Å². The van der Waals surface area contributed by atoms with Crippen molar-refractivity contribution >= 4 is 74.0 Å². The second kappa shape index (κ2) is 14.4. The molecule has 62 heavy (non-hydrogen) atoms. The maximum atomic E-state index is 15.2. The Hall–Kier alpha value is -5.72. The Kier molecular flexibility index (Phi) is 9.39. The van der Waals surface area contributed by atoms with Gasteiger partial charge in [0.2, 0.25) is 23.5 Å². The monoisotopic (exact) mass is 880 g/mol. The van der Waals surface area contributed by atoms with Gasteiger partial charge in [-0.05, 0) is 80.8 Å². The van der Waals surface area contributed by atoms with Gasteiger partial charge in [-0.15, -0.1) is 0 Å². The van der Waals surface area contributed by atoms with Crippen molar-refractivity contribution in [2.75, 3.05) is 40.5 Å². The normalized spacial score (nSPS) is 24.5. The molecule has 2 saturated carbocycles. The Morgan fingerprint density at radius 1 is 0.968 bits per heavy atom. The number of nitrogens with zero attached hydrogens (tertiary/aromatic N) is 6. The number of piperidine rings is 1. The zero-order valence-electron chi connectivity index (χ0n) is 33.6. The third kappa shape index (κ3) is 7.01. The maximum absolute atomic E-state index is 15.2. The van der Waals surface area contributed by atoms with Gasteiger partial charge in [0.1, 0.15) is 5.02 Å². The van der Waals surface area contributed by atoms with E-state index in [0.29, 0.717) is 77.6 Å². The second-order valence-electron chi connectivity index (χ2n) is 17.5. The minimum Gasteiger partial charge on any atom is -0.480 e. The predicted octanol–water partition coefficient (Wildman–Crippen LogP) is 7.00. The van der Waals surface area contributed by atoms with Crippen LogP contribution in [0.3, 0.4) is 0 Å². The Morgan fingerprint density at radius 2 is 1.74 bits per heavy atom. The van der Waals surface area contributed by atoms with Gasteiger partial charge in [0.15, 0.2) is 12.4 Å². The summed E-state index contributed by atoms with van der Waals surface area (Å²) in [5.41, 5.74) is 1.70. The number of ether oxygens (including phenoxy) is 1. The Morgan fingerprint density at radius 3 is 2.48 bits per heavy atom. The third-order valence-electron chi connectivity index (χ3n) is 13.3. The van der Waals surface area contributed by atoms with Crippen molar-refractivity contribution in [3.05, 3.63) is 63.7 Å². The summed E-state index contributed by atoms with van der Waals surface area (Å²) in [6, 6.07) is 8.22. The molecule has 14 nitrogen and oxygen atoms in total. The van der Waals surface area contributed by atoms with Crippen LogP contribution in [0.1, 0.15) is 56.6 Å². The standard InChI is InChI=1S/C42H42ClF5N10O4/c1-56-29-9-6-21(13-25(29)33-34(38(56)61)62-19-41(44,45)35(53-33)20-3-4-20)51-36-27(43)16-49-39(54-36)58-17-40(18-58)12-11-28(26(15-40)42(46,47)48)50-22-5-7-23-30(14-22)57(2)55-32(23)24-8-10-31(59)52-37(24)60/h5-7,9,13-14,16,20,24,26,28,35,50,53H,3-4,8,10-12,15,17-19H2,1-2H3,(H,49,51,54)(H,52,59,60)/t24?,26-,28-,35+/m1/s1. The molecule has 1 spiro atoms. The van der Waals surface area contributed by atoms with Crippen molar-refractivity contribution in [2.45, 2.75) is 75.0 Å². The minimum absolute atomic E-state index is 0.0911. The molecule has 10 rings (SSSR count). The summed E-state index contributed by atoms with van der Waals surface area (Å²) in [6.45, 7) is -0.294. The first-order chi connectivity index (χ1) is 29.5. The van der Waals surface area contributed by atoms with Crippen molar-refractivity contribution in [1.29, 1.82) is 0 Å². The highest BCUT2D eigenvalue weighted by Crippen LogP contribution is 2.52. The van der Waals surface area contributed by atoms with E-state index < -0.39 is 59.5 Å². The van der Waals surface area contributed by atoms with Gasteiger partial charge in [-0.2, -0.15) is 23.3 Å². The van der Waals surface area contributed by atoms with Gasteiger partial charge < -0.3 is 30.2 Å². The number of pyridine rings is 1. The van der Waals surface area contributed by atoms with E-state index in [1.807, 2.05) is 4.90 Å². The molecular weight excluding hydrogens is 839 g/mol. The molecular formula is C42H42ClF5N10O4. The zero-order chi connectivity index (χ0) is 43.5. The number of anilines is 5. The van der Waals surface area contributed by atoms with E-state index in [0.717, 1.165) is 0 Å². The fraction of sp³-hybridized carbons (Fsp3) is 0.476. The van der Waals surface area contributed by atoms with Crippen LogP contribution in [0.4, 0.5) is 50.8 Å². The van der Waals surface area contributed by atoms with Crippen molar-refractivity contribution in [1.82, 2.24) is 29.6 Å². The number of halogens is 6. The van der Waals surface area contributed by atoms with E-state index in [4.69, 9.17) is 16.3 Å². The molecule has 4 N–H and O–H groups in total. The SMILES string of the molecule is Cn1nc(C2CCC(=O)NC2=O)c2ccc(N[C@@H]3CCC4(C[C@H]3C(F)(F)F)CN(c3ncc(Cl)c(Nc5ccc6c(c5)c5c(c(=O)n6C)OCC(F)(F)[C@H](C6CC6)N5)n3)C4)cc21. The lowest BCUT2D eigenvalue weighted by Gasteiger charge is -2.55. The Bertz CT molecular complexity index is 2730. The fourth-order valence-electron chi connectivity index (χ4n) is 9.90. The summed E-state index contributed by atoms with van der Waals surface area (Å²) in [4.78, 5) is 48.4. The van der Waals surface area contributed by atoms with Gasteiger partial charge in [0.25, 0.3) is 5.56 Å². The molecule has 6 heterocycles. The van der Waals surface area contributed by atoms with Crippen molar-refractivity contribution in [2.24, 2.45) is 31.3 Å². The first-order valence-electron chi connectivity index (χ1n) is 20.6. The molecule has 4 atom stereocenters. The highest BCUT2D eigenvalue weighted by molar-refractivity contribution is 6.33. The number of rotatable bonds is 7. The van der Waals surface area contributed by atoms with Gasteiger partial charge >= 0.3 is 12.1 Å². The van der Waals surface area contributed by atoms with Crippen molar-refractivity contribution in [3.8, 4) is 5.75 Å². The summed E-state index contributed by atoms with van der Waals surface area (Å²) in [5, 5.41) is 17.6. The molecule has 1 unspecified atom stereocenters. The van der Waals surface area contributed by atoms with Crippen LogP contribution in [-0.4, -0.2) is 80.0 Å². The molecule has 326 valence electrons. The molecule has 20 heteroatoms. The van der Waals surface area contributed by atoms with Gasteiger partial charge in [-0.25, -0.2) is 13.8 Å². The number of imide groups is 1. The van der Waals surface area contributed by atoms with E-state index in [2.05, 4.69) is 36.3 Å². The van der Waals surface area contributed by atoms with Gasteiger partial charge in [0, 0.05) is 67.2 Å². The number of carbonyl (C=O) groups excluding carboxylic acids is 2. The van der Waals surface area contributed by atoms with Crippen LogP contribution in [0.25, 0.3) is 21.8 Å². The molecule has 2 saturated heterocycles. The predicted molar refractivity (Wildman–Crippen MR) is 221 cm³/mol. The van der Waals surface area contributed by atoms with Crippen LogP contribution in [0.5, 0.6) is 5.75 Å². The van der Waals surface area contributed by atoms with Crippen LogP contribution in [-0.2, 0) is 23.7 Å². The van der Waals surface area contributed by atoms with E-state index in [-0.39, 0.29) is 59.3 Å². The average molecular weight is 881 g/mol. The lowest BCUT2D eigenvalue weighted by atomic mass is 9.63. The molecule has 4 fully saturated rings. The largest absolute Gasteiger partial charge is 0.480 e. The summed E-state index contributed by atoms with van der Waals surface area (Å²) in [6.07, 6.45) is -0.518. The summed E-state index contributed by atoms with van der Waals surface area (Å²) in [5.74, 6) is -6.08. The molecule has 3 aromatic heterocycles. The number of hydrogen-bond acceptors (Lipinski definition) is 11. The molecule has 2 aromatic carbocycles. The highest BCUT2D eigenvalue weighted by Gasteiger charge is 2.56. The van der Waals surface area contributed by atoms with Gasteiger partial charge in [0.05, 0.1) is 46.5 Å². The maximum Gasteiger partial charge on any atom is 0.393 e. The topological polar surface area (TPSA) is 160 Å². The number of aryl methyl sites for hydroxylation is 2. The number of amides is 2. The summed E-state index contributed by atoms with van der Waals surface area (Å²) in [7, 11) is 3.25. The number of nitrogens with one attached hydrogen (secondary N) is 4. The number of alkyl halides is 5. The number of fused-ring (bicyclic) bond motifs is 4. The Balaban J connectivity index is 0.845. The second-order valence-corrected chi connectivity index (χ2v) is 18.0. The van der Waals surface area contributed by atoms with Gasteiger partial charge in [-0.3, -0.25) is 24.4 Å². The van der Waals surface area contributed by atoms with Gasteiger partial charge in [-0.1, -0.05) is 11.6 Å². The Labute approximate surface area is 355 Å². The molecule has 5 aliphatic rings. The minimum atomic E-state index is -4.47. The third-order valence-corrected chi connectivity index (χ3v) is 13.6. The number of carbonyl (C=O) groups is 2. The molecule has 0 bridgehead atoms. The zero-order valence-corrected chi connectivity index (χ0v) is 34.3. The summed E-state index contributed by atoms with van der Waals surface area (Å²) < 4.78 is 83.2. The highest BCUT2D eigenvalue weighted by atomic mass is 35.5. The average Bonchev–Trinajstić information content (AvgIpc) is 4.02.